The number of para-hydroxylation sites is 1. The highest BCUT2D eigenvalue weighted by molar-refractivity contribution is 7.99. The quantitative estimate of drug-likeness (QED) is 0.687. The Kier molecular flexibility index (Phi) is 5.18. The molecule has 1 amide bonds. The topological polar surface area (TPSA) is 40.6 Å². The average molecular weight is 407 g/mol. The molecule has 0 bridgehead atoms. The van der Waals surface area contributed by atoms with Crippen LogP contribution in [0, 0.1) is 0 Å². The molecule has 5 rings (SSSR count). The molecule has 0 aliphatic carbocycles. The van der Waals surface area contributed by atoms with Crippen LogP contribution in [-0.2, 0) is 22.4 Å². The maximum absolute atomic E-state index is 12.5. The minimum Gasteiger partial charge on any atom is -0.312 e. The van der Waals surface area contributed by atoms with Crippen LogP contribution in [0.4, 0.5) is 5.69 Å². The number of aldehydes is 1. The molecule has 3 heterocycles. The van der Waals surface area contributed by atoms with E-state index in [2.05, 4.69) is 23.1 Å². The Labute approximate surface area is 176 Å². The number of likely N-dealkylation sites (tertiary alicyclic amines) is 1. The SMILES string of the molecule is O=CCN1CC(c2ccc3c(c2)CCS3)CC1CCN1C(=O)Cc2ccccc21. The molecule has 0 radical (unpaired) electrons. The Morgan fingerprint density at radius 1 is 1.14 bits per heavy atom. The number of hydrogen-bond donors (Lipinski definition) is 0. The maximum Gasteiger partial charge on any atom is 0.231 e. The molecule has 2 aromatic rings. The molecule has 0 aromatic heterocycles. The van der Waals surface area contributed by atoms with Gasteiger partial charge in [0, 0.05) is 35.5 Å². The van der Waals surface area contributed by atoms with E-state index in [0.29, 0.717) is 24.9 Å². The maximum atomic E-state index is 12.5. The molecule has 150 valence electrons. The molecule has 0 spiro atoms. The molecule has 1 saturated heterocycles. The van der Waals surface area contributed by atoms with E-state index in [0.717, 1.165) is 43.5 Å². The number of benzene rings is 2. The number of carbonyl (C=O) groups excluding carboxylic acids is 2. The Morgan fingerprint density at radius 3 is 2.93 bits per heavy atom. The van der Waals surface area contributed by atoms with E-state index >= 15 is 0 Å². The number of fused-ring (bicyclic) bond motifs is 2. The summed E-state index contributed by atoms with van der Waals surface area (Å²) in [5.41, 5.74) is 5.08. The van der Waals surface area contributed by atoms with Crippen LogP contribution in [-0.4, -0.2) is 48.5 Å². The molecule has 5 heteroatoms. The summed E-state index contributed by atoms with van der Waals surface area (Å²) in [5, 5.41) is 0. The van der Waals surface area contributed by atoms with Gasteiger partial charge in [-0.2, -0.15) is 0 Å². The lowest BCUT2D eigenvalue weighted by Gasteiger charge is -2.25. The van der Waals surface area contributed by atoms with E-state index in [1.807, 2.05) is 40.9 Å². The molecular formula is C24H26N2O2S. The zero-order chi connectivity index (χ0) is 19.8. The van der Waals surface area contributed by atoms with Crippen LogP contribution < -0.4 is 4.90 Å². The Balaban J connectivity index is 1.29. The van der Waals surface area contributed by atoms with Crippen LogP contribution >= 0.6 is 11.8 Å². The standard InChI is InChI=1S/C24H26N2O2S/c27-11-10-25-16-20(17-5-6-23-19(13-17)8-12-29-23)14-21(25)7-9-26-22-4-2-1-3-18(22)15-24(26)28/h1-6,11,13,20-21H,7-10,12,14-16H2. The fourth-order valence-corrected chi connectivity index (χ4v) is 6.20. The number of anilines is 1. The van der Waals surface area contributed by atoms with Crippen molar-refractivity contribution in [3.63, 3.8) is 0 Å². The number of rotatable bonds is 6. The normalized spacial score (nSPS) is 23.4. The molecule has 2 unspecified atom stereocenters. The van der Waals surface area contributed by atoms with E-state index < -0.39 is 0 Å². The first-order valence-corrected chi connectivity index (χ1v) is 11.5. The second-order valence-electron chi connectivity index (χ2n) is 8.31. The lowest BCUT2D eigenvalue weighted by Crippen LogP contribution is -2.36. The van der Waals surface area contributed by atoms with Gasteiger partial charge in [-0.05, 0) is 54.0 Å². The van der Waals surface area contributed by atoms with Crippen molar-refractivity contribution < 1.29 is 9.59 Å². The van der Waals surface area contributed by atoms with Crippen LogP contribution in [0.3, 0.4) is 0 Å². The number of carbonyl (C=O) groups is 2. The third-order valence-electron chi connectivity index (χ3n) is 6.63. The minimum absolute atomic E-state index is 0.193. The van der Waals surface area contributed by atoms with Gasteiger partial charge in [0.05, 0.1) is 13.0 Å². The smallest absolute Gasteiger partial charge is 0.231 e. The lowest BCUT2D eigenvalue weighted by molar-refractivity contribution is -0.117. The highest BCUT2D eigenvalue weighted by Gasteiger charge is 2.34. The van der Waals surface area contributed by atoms with Crippen LogP contribution in [0.15, 0.2) is 47.4 Å². The molecule has 4 nitrogen and oxygen atoms in total. The summed E-state index contributed by atoms with van der Waals surface area (Å²) < 4.78 is 0. The summed E-state index contributed by atoms with van der Waals surface area (Å²) >= 11 is 1.95. The van der Waals surface area contributed by atoms with Crippen LogP contribution in [0.1, 0.15) is 35.4 Å². The van der Waals surface area contributed by atoms with Gasteiger partial charge < -0.3 is 9.69 Å². The first-order chi connectivity index (χ1) is 14.2. The van der Waals surface area contributed by atoms with Crippen LogP contribution in [0.5, 0.6) is 0 Å². The van der Waals surface area contributed by atoms with Crippen molar-refractivity contribution in [3.8, 4) is 0 Å². The van der Waals surface area contributed by atoms with E-state index in [4.69, 9.17) is 0 Å². The van der Waals surface area contributed by atoms with Gasteiger partial charge in [-0.15, -0.1) is 11.8 Å². The number of hydrogen-bond acceptors (Lipinski definition) is 4. The number of nitrogens with zero attached hydrogens (tertiary/aromatic N) is 2. The van der Waals surface area contributed by atoms with Gasteiger partial charge in [0.15, 0.2) is 0 Å². The Morgan fingerprint density at radius 2 is 2.03 bits per heavy atom. The third kappa shape index (κ3) is 3.62. The molecule has 3 aliphatic rings. The fourth-order valence-electron chi connectivity index (χ4n) is 5.15. The van der Waals surface area contributed by atoms with Crippen molar-refractivity contribution in [2.45, 2.75) is 42.5 Å². The summed E-state index contributed by atoms with van der Waals surface area (Å²) in [7, 11) is 0. The van der Waals surface area contributed by atoms with Crippen LogP contribution in [0.2, 0.25) is 0 Å². The van der Waals surface area contributed by atoms with Gasteiger partial charge in [-0.3, -0.25) is 9.69 Å². The number of aryl methyl sites for hydroxylation is 1. The zero-order valence-corrected chi connectivity index (χ0v) is 17.4. The molecule has 0 N–H and O–H groups in total. The molecule has 3 aliphatic heterocycles. The molecule has 2 aromatic carbocycles. The number of amides is 1. The summed E-state index contributed by atoms with van der Waals surface area (Å²) in [5.74, 6) is 1.85. The Bertz CT molecular complexity index is 944. The van der Waals surface area contributed by atoms with E-state index in [9.17, 15) is 9.59 Å². The van der Waals surface area contributed by atoms with Crippen molar-refractivity contribution in [2.75, 3.05) is 30.3 Å². The highest BCUT2D eigenvalue weighted by atomic mass is 32.2. The largest absolute Gasteiger partial charge is 0.312 e. The van der Waals surface area contributed by atoms with Crippen LogP contribution in [0.25, 0.3) is 0 Å². The minimum atomic E-state index is 0.193. The van der Waals surface area contributed by atoms with E-state index in [1.165, 1.54) is 28.2 Å². The van der Waals surface area contributed by atoms with Crippen molar-refractivity contribution in [3.05, 3.63) is 59.2 Å². The fraction of sp³-hybridized carbons (Fsp3) is 0.417. The van der Waals surface area contributed by atoms with E-state index in [-0.39, 0.29) is 5.91 Å². The van der Waals surface area contributed by atoms with Crippen molar-refractivity contribution in [2.24, 2.45) is 0 Å². The first kappa shape index (κ1) is 18.9. The average Bonchev–Trinajstić information content (AvgIpc) is 3.43. The summed E-state index contributed by atoms with van der Waals surface area (Å²) in [6.45, 7) is 2.13. The van der Waals surface area contributed by atoms with Gasteiger partial charge in [0.2, 0.25) is 5.91 Å². The predicted octanol–water partition coefficient (Wildman–Crippen LogP) is 3.67. The highest BCUT2D eigenvalue weighted by Crippen LogP contribution is 2.38. The van der Waals surface area contributed by atoms with Gasteiger partial charge in [0.25, 0.3) is 0 Å². The Hall–Kier alpha value is -2.11. The van der Waals surface area contributed by atoms with E-state index in [1.54, 1.807) is 0 Å². The molecule has 1 fully saturated rings. The molecule has 2 atom stereocenters. The number of thioether (sulfide) groups is 1. The molecule has 29 heavy (non-hydrogen) atoms. The monoisotopic (exact) mass is 406 g/mol. The van der Waals surface area contributed by atoms with Gasteiger partial charge >= 0.3 is 0 Å². The van der Waals surface area contributed by atoms with Crippen molar-refractivity contribution in [1.29, 1.82) is 0 Å². The van der Waals surface area contributed by atoms with Crippen molar-refractivity contribution >= 4 is 29.6 Å². The molecule has 0 saturated carbocycles. The van der Waals surface area contributed by atoms with Gasteiger partial charge in [-0.25, -0.2) is 0 Å². The zero-order valence-electron chi connectivity index (χ0n) is 16.5. The second-order valence-corrected chi connectivity index (χ2v) is 9.45. The molecular weight excluding hydrogens is 380 g/mol. The summed E-state index contributed by atoms with van der Waals surface area (Å²) in [6, 6.07) is 15.4. The lowest BCUT2D eigenvalue weighted by atomic mass is 9.93. The van der Waals surface area contributed by atoms with Gasteiger partial charge in [0.1, 0.15) is 6.29 Å². The second kappa shape index (κ2) is 7.96. The summed E-state index contributed by atoms with van der Waals surface area (Å²) in [6.07, 6.45) is 4.66. The summed E-state index contributed by atoms with van der Waals surface area (Å²) in [4.78, 5) is 29.4. The predicted molar refractivity (Wildman–Crippen MR) is 117 cm³/mol. The van der Waals surface area contributed by atoms with Crippen molar-refractivity contribution in [1.82, 2.24) is 4.90 Å². The first-order valence-electron chi connectivity index (χ1n) is 10.5. The third-order valence-corrected chi connectivity index (χ3v) is 7.75. The van der Waals surface area contributed by atoms with Gasteiger partial charge in [-0.1, -0.05) is 30.3 Å².